The Morgan fingerprint density at radius 3 is 2.67 bits per heavy atom. The van der Waals surface area contributed by atoms with E-state index in [4.69, 9.17) is 16.1 Å². The number of nitrogen functional groups attached to an aromatic ring is 1. The molecule has 1 heterocycles. The third kappa shape index (κ3) is 1.83. The first-order valence-corrected chi connectivity index (χ1v) is 3.69. The van der Waals surface area contributed by atoms with Gasteiger partial charge in [-0.25, -0.2) is 18.6 Å². The standard InChI is InChI=1S/C8H5F2N3O2/c9-6(10)4-2-13-7(12)3(1-11)5(4)8(14)15/h2,6H,(H2,12,13)(H,14,15). The molecule has 0 amide bonds. The van der Waals surface area contributed by atoms with Crippen molar-refractivity contribution in [1.29, 1.82) is 5.26 Å². The van der Waals surface area contributed by atoms with Crippen molar-refractivity contribution < 1.29 is 18.7 Å². The minimum atomic E-state index is -3.02. The first-order valence-electron chi connectivity index (χ1n) is 3.69. The quantitative estimate of drug-likeness (QED) is 0.767. The summed E-state index contributed by atoms with van der Waals surface area (Å²) in [5, 5.41) is 17.3. The van der Waals surface area contributed by atoms with E-state index >= 15 is 0 Å². The molecule has 0 spiro atoms. The highest BCUT2D eigenvalue weighted by atomic mass is 19.3. The Hall–Kier alpha value is -2.23. The van der Waals surface area contributed by atoms with Crippen molar-refractivity contribution in [3.63, 3.8) is 0 Å². The molecule has 0 aliphatic rings. The van der Waals surface area contributed by atoms with E-state index in [2.05, 4.69) is 4.98 Å². The summed E-state index contributed by atoms with van der Waals surface area (Å²) in [6.45, 7) is 0. The zero-order valence-corrected chi connectivity index (χ0v) is 7.24. The van der Waals surface area contributed by atoms with Crippen LogP contribution in [0.5, 0.6) is 0 Å². The molecule has 0 atom stereocenters. The highest BCUT2D eigenvalue weighted by molar-refractivity contribution is 5.93. The van der Waals surface area contributed by atoms with Gasteiger partial charge in [0.15, 0.2) is 0 Å². The lowest BCUT2D eigenvalue weighted by atomic mass is 10.0. The molecule has 15 heavy (non-hydrogen) atoms. The van der Waals surface area contributed by atoms with Gasteiger partial charge < -0.3 is 10.8 Å². The second-order valence-corrected chi connectivity index (χ2v) is 2.57. The number of aromatic carboxylic acids is 1. The van der Waals surface area contributed by atoms with Crippen molar-refractivity contribution >= 4 is 11.8 Å². The van der Waals surface area contributed by atoms with Gasteiger partial charge in [-0.1, -0.05) is 0 Å². The van der Waals surface area contributed by atoms with Crippen molar-refractivity contribution in [1.82, 2.24) is 4.98 Å². The predicted octanol–water partition coefficient (Wildman–Crippen LogP) is 1.17. The van der Waals surface area contributed by atoms with Crippen LogP contribution in [0.4, 0.5) is 14.6 Å². The molecule has 0 aliphatic carbocycles. The van der Waals surface area contributed by atoms with Gasteiger partial charge in [-0.2, -0.15) is 5.26 Å². The number of carbonyl (C=O) groups is 1. The van der Waals surface area contributed by atoms with Gasteiger partial charge in [0.1, 0.15) is 17.5 Å². The van der Waals surface area contributed by atoms with Gasteiger partial charge in [-0.3, -0.25) is 0 Å². The first-order chi connectivity index (χ1) is 6.99. The number of halogens is 2. The molecule has 0 saturated carbocycles. The van der Waals surface area contributed by atoms with Crippen LogP contribution in [-0.2, 0) is 0 Å². The van der Waals surface area contributed by atoms with Crippen LogP contribution in [0.15, 0.2) is 6.20 Å². The second kappa shape index (κ2) is 3.88. The fourth-order valence-electron chi connectivity index (χ4n) is 1.05. The minimum absolute atomic E-state index is 0.376. The normalized spacial score (nSPS) is 10.0. The van der Waals surface area contributed by atoms with Crippen LogP contribution in [0.3, 0.4) is 0 Å². The van der Waals surface area contributed by atoms with Crippen LogP contribution in [0, 0.1) is 11.3 Å². The number of anilines is 1. The third-order valence-electron chi connectivity index (χ3n) is 1.70. The molecule has 78 valence electrons. The lowest BCUT2D eigenvalue weighted by molar-refractivity contribution is 0.0684. The zero-order valence-electron chi connectivity index (χ0n) is 7.24. The van der Waals surface area contributed by atoms with Crippen LogP contribution in [0.1, 0.15) is 27.9 Å². The molecule has 0 saturated heterocycles. The number of hydrogen-bond acceptors (Lipinski definition) is 4. The molecule has 0 aromatic carbocycles. The maximum absolute atomic E-state index is 12.4. The molecular weight excluding hydrogens is 208 g/mol. The van der Waals surface area contributed by atoms with Crippen molar-refractivity contribution in [2.45, 2.75) is 6.43 Å². The fraction of sp³-hybridized carbons (Fsp3) is 0.125. The van der Waals surface area contributed by atoms with Crippen molar-refractivity contribution in [3.8, 4) is 6.07 Å². The van der Waals surface area contributed by atoms with E-state index in [1.807, 2.05) is 0 Å². The van der Waals surface area contributed by atoms with Crippen molar-refractivity contribution in [2.75, 3.05) is 5.73 Å². The Bertz CT molecular complexity index is 454. The van der Waals surface area contributed by atoms with Gasteiger partial charge in [0.2, 0.25) is 0 Å². The van der Waals surface area contributed by atoms with Gasteiger partial charge in [0, 0.05) is 6.20 Å². The van der Waals surface area contributed by atoms with Gasteiger partial charge in [0.05, 0.1) is 11.1 Å². The minimum Gasteiger partial charge on any atom is -0.478 e. The van der Waals surface area contributed by atoms with Crippen LogP contribution < -0.4 is 5.73 Å². The molecule has 0 bridgehead atoms. The van der Waals surface area contributed by atoms with Crippen LogP contribution >= 0.6 is 0 Å². The lowest BCUT2D eigenvalue weighted by Gasteiger charge is -2.07. The molecule has 0 fully saturated rings. The Kier molecular flexibility index (Phi) is 2.80. The fourth-order valence-corrected chi connectivity index (χ4v) is 1.05. The van der Waals surface area contributed by atoms with Gasteiger partial charge in [0.25, 0.3) is 6.43 Å². The smallest absolute Gasteiger partial charge is 0.337 e. The SMILES string of the molecule is N#Cc1c(N)ncc(C(F)F)c1C(=O)O. The van der Waals surface area contributed by atoms with E-state index in [9.17, 15) is 13.6 Å². The summed E-state index contributed by atoms with van der Waals surface area (Å²) in [7, 11) is 0. The number of nitriles is 1. The van der Waals surface area contributed by atoms with E-state index in [1.165, 1.54) is 6.07 Å². The number of rotatable bonds is 2. The molecular formula is C8H5F2N3O2. The van der Waals surface area contributed by atoms with E-state index < -0.39 is 29.1 Å². The summed E-state index contributed by atoms with van der Waals surface area (Å²) >= 11 is 0. The highest BCUT2D eigenvalue weighted by Crippen LogP contribution is 2.26. The maximum atomic E-state index is 12.4. The molecule has 0 radical (unpaired) electrons. The molecule has 0 unspecified atom stereocenters. The monoisotopic (exact) mass is 213 g/mol. The third-order valence-corrected chi connectivity index (χ3v) is 1.70. The second-order valence-electron chi connectivity index (χ2n) is 2.57. The van der Waals surface area contributed by atoms with E-state index in [0.717, 1.165) is 0 Å². The number of aromatic nitrogens is 1. The van der Waals surface area contributed by atoms with Crippen LogP contribution in [-0.4, -0.2) is 16.1 Å². The Morgan fingerprint density at radius 1 is 1.67 bits per heavy atom. The topological polar surface area (TPSA) is 100 Å². The molecule has 1 aromatic heterocycles. The lowest BCUT2D eigenvalue weighted by Crippen LogP contribution is -2.10. The summed E-state index contributed by atoms with van der Waals surface area (Å²) in [6, 6.07) is 1.44. The van der Waals surface area contributed by atoms with E-state index in [1.54, 1.807) is 0 Å². The highest BCUT2D eigenvalue weighted by Gasteiger charge is 2.24. The number of carboxylic acid groups (broad SMARTS) is 1. The van der Waals surface area contributed by atoms with Gasteiger partial charge in [-0.05, 0) is 0 Å². The average Bonchev–Trinajstić information content (AvgIpc) is 2.16. The number of alkyl halides is 2. The van der Waals surface area contributed by atoms with Gasteiger partial charge >= 0.3 is 5.97 Å². The number of nitrogens with zero attached hydrogens (tertiary/aromatic N) is 2. The molecule has 0 aliphatic heterocycles. The van der Waals surface area contributed by atoms with Crippen molar-refractivity contribution in [3.05, 3.63) is 22.9 Å². The number of carboxylic acids is 1. The number of pyridine rings is 1. The summed E-state index contributed by atoms with van der Waals surface area (Å²) in [5.41, 5.74) is 3.05. The first kappa shape index (κ1) is 10.8. The van der Waals surface area contributed by atoms with Gasteiger partial charge in [-0.15, -0.1) is 0 Å². The Morgan fingerprint density at radius 2 is 2.27 bits per heavy atom. The predicted molar refractivity (Wildman–Crippen MR) is 45.3 cm³/mol. The number of nitrogens with two attached hydrogens (primary N) is 1. The summed E-state index contributed by atoms with van der Waals surface area (Å²) in [4.78, 5) is 14.0. The molecule has 1 aromatic rings. The Balaban J connectivity index is 3.58. The maximum Gasteiger partial charge on any atom is 0.337 e. The van der Waals surface area contributed by atoms with Crippen LogP contribution in [0.25, 0.3) is 0 Å². The van der Waals surface area contributed by atoms with E-state index in [0.29, 0.717) is 6.20 Å². The molecule has 5 nitrogen and oxygen atoms in total. The summed E-state index contributed by atoms with van der Waals surface area (Å²) < 4.78 is 24.8. The number of hydrogen-bond donors (Lipinski definition) is 2. The molecule has 1 rings (SSSR count). The largest absolute Gasteiger partial charge is 0.478 e. The van der Waals surface area contributed by atoms with Crippen molar-refractivity contribution in [2.24, 2.45) is 0 Å². The Labute approximate surface area is 82.8 Å². The molecule has 7 heteroatoms. The molecule has 3 N–H and O–H groups in total. The zero-order chi connectivity index (χ0) is 11.6. The summed E-state index contributed by atoms with van der Waals surface area (Å²) in [6.07, 6.45) is -2.36. The summed E-state index contributed by atoms with van der Waals surface area (Å²) in [5.74, 6) is -2.00. The average molecular weight is 213 g/mol. The van der Waals surface area contributed by atoms with Crippen LogP contribution in [0.2, 0.25) is 0 Å². The van der Waals surface area contributed by atoms with E-state index in [-0.39, 0.29) is 5.82 Å².